The SMILES string of the molecule is Cc1ccc(NC(=O)C2CCN(S(=O)(=O)c3ccc(C(N)=O)cc3)CC2)cc1C. The fraction of sp³-hybridized carbons (Fsp3) is 0.333. The van der Waals surface area contributed by atoms with E-state index in [9.17, 15) is 18.0 Å². The molecular formula is C21H25N3O4S. The molecule has 0 saturated carbocycles. The average molecular weight is 416 g/mol. The number of nitrogens with one attached hydrogen (secondary N) is 1. The summed E-state index contributed by atoms with van der Waals surface area (Å²) < 4.78 is 27.0. The topological polar surface area (TPSA) is 110 Å². The zero-order chi connectivity index (χ0) is 21.2. The highest BCUT2D eigenvalue weighted by molar-refractivity contribution is 7.89. The van der Waals surface area contributed by atoms with Gasteiger partial charge in [-0.25, -0.2) is 8.42 Å². The molecule has 1 fully saturated rings. The Bertz CT molecular complexity index is 1020. The highest BCUT2D eigenvalue weighted by Crippen LogP contribution is 2.25. The summed E-state index contributed by atoms with van der Waals surface area (Å²) in [6, 6.07) is 11.3. The van der Waals surface area contributed by atoms with Crippen LogP contribution in [0.1, 0.15) is 34.3 Å². The van der Waals surface area contributed by atoms with Crippen LogP contribution in [0.3, 0.4) is 0 Å². The third-order valence-electron chi connectivity index (χ3n) is 5.38. The maximum absolute atomic E-state index is 12.8. The number of anilines is 1. The van der Waals surface area contributed by atoms with Gasteiger partial charge in [0.25, 0.3) is 0 Å². The second-order valence-corrected chi connectivity index (χ2v) is 9.29. The molecule has 0 unspecified atom stereocenters. The molecule has 0 bridgehead atoms. The first kappa shape index (κ1) is 21.0. The lowest BCUT2D eigenvalue weighted by molar-refractivity contribution is -0.120. The lowest BCUT2D eigenvalue weighted by Crippen LogP contribution is -2.41. The van der Waals surface area contributed by atoms with Gasteiger partial charge in [-0.1, -0.05) is 6.07 Å². The maximum Gasteiger partial charge on any atom is 0.248 e. The smallest absolute Gasteiger partial charge is 0.248 e. The standard InChI is InChI=1S/C21H25N3O4S/c1-14-3-6-18(13-15(14)2)23-21(26)17-9-11-24(12-10-17)29(27,28)19-7-4-16(5-8-19)20(22)25/h3-8,13,17H,9-12H2,1-2H3,(H2,22,25)(H,23,26). The number of nitrogens with zero attached hydrogens (tertiary/aromatic N) is 1. The Labute approximate surface area is 171 Å². The molecule has 1 saturated heterocycles. The Morgan fingerprint density at radius 2 is 1.62 bits per heavy atom. The highest BCUT2D eigenvalue weighted by Gasteiger charge is 2.32. The van der Waals surface area contributed by atoms with Gasteiger partial charge in [0.15, 0.2) is 0 Å². The Balaban J connectivity index is 1.62. The van der Waals surface area contributed by atoms with Gasteiger partial charge in [0.05, 0.1) is 4.90 Å². The van der Waals surface area contributed by atoms with Crippen molar-refractivity contribution < 1.29 is 18.0 Å². The van der Waals surface area contributed by atoms with E-state index in [1.807, 2.05) is 32.0 Å². The van der Waals surface area contributed by atoms with E-state index in [2.05, 4.69) is 5.32 Å². The first-order chi connectivity index (χ1) is 13.7. The van der Waals surface area contributed by atoms with E-state index < -0.39 is 15.9 Å². The molecule has 3 rings (SSSR count). The summed E-state index contributed by atoms with van der Waals surface area (Å²) in [7, 11) is -3.67. The monoisotopic (exact) mass is 415 g/mol. The van der Waals surface area contributed by atoms with Gasteiger partial charge in [-0.3, -0.25) is 9.59 Å². The van der Waals surface area contributed by atoms with E-state index >= 15 is 0 Å². The minimum atomic E-state index is -3.67. The van der Waals surface area contributed by atoms with Crippen molar-refractivity contribution in [3.05, 3.63) is 59.2 Å². The van der Waals surface area contributed by atoms with E-state index in [4.69, 9.17) is 5.73 Å². The first-order valence-corrected chi connectivity index (χ1v) is 10.9. The molecule has 2 aromatic carbocycles. The van der Waals surface area contributed by atoms with Crippen LogP contribution in [-0.2, 0) is 14.8 Å². The zero-order valence-electron chi connectivity index (χ0n) is 16.5. The minimum Gasteiger partial charge on any atom is -0.366 e. The van der Waals surface area contributed by atoms with Crippen molar-refractivity contribution in [2.45, 2.75) is 31.6 Å². The number of piperidine rings is 1. The first-order valence-electron chi connectivity index (χ1n) is 9.46. The largest absolute Gasteiger partial charge is 0.366 e. The highest BCUT2D eigenvalue weighted by atomic mass is 32.2. The number of aryl methyl sites for hydroxylation is 2. The molecular weight excluding hydrogens is 390 g/mol. The molecule has 2 amide bonds. The second-order valence-electron chi connectivity index (χ2n) is 7.36. The van der Waals surface area contributed by atoms with E-state index in [0.717, 1.165) is 16.8 Å². The fourth-order valence-electron chi connectivity index (χ4n) is 3.36. The van der Waals surface area contributed by atoms with Gasteiger partial charge in [-0.15, -0.1) is 0 Å². The number of amides is 2. The Morgan fingerprint density at radius 1 is 1.00 bits per heavy atom. The summed E-state index contributed by atoms with van der Waals surface area (Å²) in [5.41, 5.74) is 8.46. The van der Waals surface area contributed by atoms with Crippen molar-refractivity contribution in [1.82, 2.24) is 4.31 Å². The van der Waals surface area contributed by atoms with Crippen molar-refractivity contribution in [1.29, 1.82) is 0 Å². The third kappa shape index (κ3) is 4.65. The van der Waals surface area contributed by atoms with E-state index in [1.165, 1.54) is 28.6 Å². The number of sulfonamides is 1. The maximum atomic E-state index is 12.8. The number of benzene rings is 2. The second kappa shape index (κ2) is 8.34. The summed E-state index contributed by atoms with van der Waals surface area (Å²) in [4.78, 5) is 23.8. The summed E-state index contributed by atoms with van der Waals surface area (Å²) in [6.45, 7) is 4.54. The van der Waals surface area contributed by atoms with Gasteiger partial charge in [0.1, 0.15) is 0 Å². The number of hydrogen-bond donors (Lipinski definition) is 2. The normalized spacial score (nSPS) is 15.8. The van der Waals surface area contributed by atoms with Gasteiger partial charge >= 0.3 is 0 Å². The van der Waals surface area contributed by atoms with E-state index in [1.54, 1.807) is 0 Å². The number of primary amides is 1. The number of carbonyl (C=O) groups is 2. The molecule has 3 N–H and O–H groups in total. The molecule has 7 nitrogen and oxygen atoms in total. The van der Waals surface area contributed by atoms with Crippen LogP contribution < -0.4 is 11.1 Å². The molecule has 29 heavy (non-hydrogen) atoms. The van der Waals surface area contributed by atoms with Crippen LogP contribution >= 0.6 is 0 Å². The van der Waals surface area contributed by atoms with E-state index in [-0.39, 0.29) is 35.4 Å². The molecule has 1 aliphatic heterocycles. The molecule has 154 valence electrons. The number of carbonyl (C=O) groups excluding carboxylic acids is 2. The summed E-state index contributed by atoms with van der Waals surface area (Å²) in [6.07, 6.45) is 0.907. The summed E-state index contributed by atoms with van der Waals surface area (Å²) in [5, 5.41) is 2.93. The van der Waals surface area contributed by atoms with E-state index in [0.29, 0.717) is 12.8 Å². The molecule has 1 heterocycles. The molecule has 0 atom stereocenters. The average Bonchev–Trinajstić information content (AvgIpc) is 2.71. The summed E-state index contributed by atoms with van der Waals surface area (Å²) >= 11 is 0. The fourth-order valence-corrected chi connectivity index (χ4v) is 4.83. The van der Waals surface area contributed by atoms with Crippen LogP contribution in [0.4, 0.5) is 5.69 Å². The molecule has 2 aromatic rings. The number of rotatable bonds is 5. The summed E-state index contributed by atoms with van der Waals surface area (Å²) in [5.74, 6) is -0.930. The van der Waals surface area contributed by atoms with Crippen LogP contribution in [-0.4, -0.2) is 37.6 Å². The van der Waals surface area contributed by atoms with Crippen molar-refractivity contribution in [2.75, 3.05) is 18.4 Å². The molecule has 0 radical (unpaired) electrons. The Morgan fingerprint density at radius 3 is 2.17 bits per heavy atom. The number of nitrogens with two attached hydrogens (primary N) is 1. The quantitative estimate of drug-likeness (QED) is 0.781. The predicted molar refractivity (Wildman–Crippen MR) is 111 cm³/mol. The lowest BCUT2D eigenvalue weighted by atomic mass is 9.97. The van der Waals surface area contributed by atoms with Crippen molar-refractivity contribution >= 4 is 27.5 Å². The number of hydrogen-bond acceptors (Lipinski definition) is 4. The van der Waals surface area contributed by atoms with Gasteiger partial charge in [0.2, 0.25) is 21.8 Å². The van der Waals surface area contributed by atoms with Crippen molar-refractivity contribution in [3.8, 4) is 0 Å². The van der Waals surface area contributed by atoms with Crippen molar-refractivity contribution in [3.63, 3.8) is 0 Å². The molecule has 1 aliphatic rings. The Kier molecular flexibility index (Phi) is 6.04. The zero-order valence-corrected chi connectivity index (χ0v) is 17.3. The van der Waals surface area contributed by atoms with Crippen LogP contribution in [0.15, 0.2) is 47.4 Å². The predicted octanol–water partition coefficient (Wildman–Crippen LogP) is 2.44. The Hall–Kier alpha value is -2.71. The van der Waals surface area contributed by atoms with Crippen LogP contribution in [0.25, 0.3) is 0 Å². The van der Waals surface area contributed by atoms with Crippen molar-refractivity contribution in [2.24, 2.45) is 11.7 Å². The third-order valence-corrected chi connectivity index (χ3v) is 7.29. The molecule has 8 heteroatoms. The van der Waals surface area contributed by atoms with Gasteiger partial charge in [-0.2, -0.15) is 4.31 Å². The van der Waals surface area contributed by atoms with Gasteiger partial charge in [0, 0.05) is 30.3 Å². The van der Waals surface area contributed by atoms with Crippen LogP contribution in [0.5, 0.6) is 0 Å². The van der Waals surface area contributed by atoms with Crippen LogP contribution in [0.2, 0.25) is 0 Å². The molecule has 0 aromatic heterocycles. The van der Waals surface area contributed by atoms with Crippen LogP contribution in [0, 0.1) is 19.8 Å². The van der Waals surface area contributed by atoms with Gasteiger partial charge < -0.3 is 11.1 Å². The van der Waals surface area contributed by atoms with Gasteiger partial charge in [-0.05, 0) is 74.2 Å². The molecule has 0 spiro atoms. The molecule has 0 aliphatic carbocycles. The lowest BCUT2D eigenvalue weighted by Gasteiger charge is -2.30. The minimum absolute atomic E-state index is 0.0869.